The number of aryl methyl sites for hydroxylation is 1. The van der Waals surface area contributed by atoms with Crippen LogP contribution < -0.4 is 15.5 Å². The van der Waals surface area contributed by atoms with Crippen molar-refractivity contribution in [2.75, 3.05) is 11.4 Å². The molecule has 1 aliphatic heterocycles. The lowest BCUT2D eigenvalue weighted by Gasteiger charge is -2.25. The van der Waals surface area contributed by atoms with E-state index in [-0.39, 0.29) is 54.4 Å². The van der Waals surface area contributed by atoms with Crippen LogP contribution in [-0.4, -0.2) is 41.5 Å². The number of carbonyl (C=O) groups excluding carboxylic acids is 3. The zero-order chi connectivity index (χ0) is 27.9. The van der Waals surface area contributed by atoms with Crippen LogP contribution >= 0.6 is 0 Å². The minimum atomic E-state index is -1.10. The molecule has 3 N–H and O–H groups in total. The zero-order valence-corrected chi connectivity index (χ0v) is 21.6. The lowest BCUT2D eigenvalue weighted by atomic mass is 10.00. The van der Waals surface area contributed by atoms with Gasteiger partial charge in [0.2, 0.25) is 11.8 Å². The molecular weight excluding hydrogens is 504 g/mol. The first-order chi connectivity index (χ1) is 18.7. The van der Waals surface area contributed by atoms with E-state index in [1.165, 1.54) is 17.7 Å². The predicted octanol–water partition coefficient (Wildman–Crippen LogP) is 3.67. The van der Waals surface area contributed by atoms with Gasteiger partial charge in [0.1, 0.15) is 11.6 Å². The monoisotopic (exact) mass is 535 g/mol. The molecule has 1 fully saturated rings. The Hall–Kier alpha value is -3.95. The quantitative estimate of drug-likeness (QED) is 0.326. The molecule has 39 heavy (non-hydrogen) atoms. The summed E-state index contributed by atoms with van der Waals surface area (Å²) >= 11 is 0. The van der Waals surface area contributed by atoms with Crippen LogP contribution in [-0.2, 0) is 29.0 Å². The standard InChI is InChI=1S/C30H31F2N3O4/c1-2-19-5-3-6-20(11-19)17-33-18-27(36)26(14-21-12-23(31)16-24(32)13-21)34-30(39)22-7-4-8-25(15-22)35-28(37)9-10-29(35)38/h3-8,11-13,15-16,26-27,33,36H,2,9-10,14,17-18H2,1H3,(H,34,39)/t26-,27+/m1/s1. The van der Waals surface area contributed by atoms with Crippen LogP contribution in [0.1, 0.15) is 46.8 Å². The first kappa shape index (κ1) is 28.1. The third-order valence-corrected chi connectivity index (χ3v) is 6.66. The summed E-state index contributed by atoms with van der Waals surface area (Å²) in [7, 11) is 0. The Bertz CT molecular complexity index is 1330. The minimum absolute atomic E-state index is 0.0304. The number of amides is 3. The number of aliphatic hydroxyl groups excluding tert-OH is 1. The Morgan fingerprint density at radius 2 is 1.59 bits per heavy atom. The van der Waals surface area contributed by atoms with Gasteiger partial charge in [-0.3, -0.25) is 19.3 Å². The number of halogens is 2. The van der Waals surface area contributed by atoms with Crippen molar-refractivity contribution >= 4 is 23.4 Å². The summed E-state index contributed by atoms with van der Waals surface area (Å²) in [5, 5.41) is 17.0. The lowest BCUT2D eigenvalue weighted by molar-refractivity contribution is -0.121. The van der Waals surface area contributed by atoms with Gasteiger partial charge < -0.3 is 15.7 Å². The van der Waals surface area contributed by atoms with Crippen LogP contribution in [0, 0.1) is 11.6 Å². The number of benzene rings is 3. The van der Waals surface area contributed by atoms with Gasteiger partial charge in [0.05, 0.1) is 17.8 Å². The number of hydrogen-bond acceptors (Lipinski definition) is 5. The molecule has 4 rings (SSSR count). The number of aliphatic hydroxyl groups is 1. The number of nitrogens with zero attached hydrogens (tertiary/aromatic N) is 1. The predicted molar refractivity (Wildman–Crippen MR) is 143 cm³/mol. The Labute approximate surface area is 225 Å². The maximum Gasteiger partial charge on any atom is 0.251 e. The molecule has 0 aromatic heterocycles. The topological polar surface area (TPSA) is 98.7 Å². The Morgan fingerprint density at radius 1 is 0.923 bits per heavy atom. The van der Waals surface area contributed by atoms with Crippen LogP contribution in [0.25, 0.3) is 0 Å². The zero-order valence-electron chi connectivity index (χ0n) is 21.6. The van der Waals surface area contributed by atoms with Crippen molar-refractivity contribution in [2.45, 2.75) is 51.3 Å². The Balaban J connectivity index is 1.49. The third kappa shape index (κ3) is 7.34. The molecule has 9 heteroatoms. The maximum absolute atomic E-state index is 13.9. The molecule has 0 unspecified atom stereocenters. The first-order valence-electron chi connectivity index (χ1n) is 12.9. The van der Waals surface area contributed by atoms with E-state index in [9.17, 15) is 28.3 Å². The summed E-state index contributed by atoms with van der Waals surface area (Å²) in [6.07, 6.45) is -0.0000785. The Morgan fingerprint density at radius 3 is 2.28 bits per heavy atom. The van der Waals surface area contributed by atoms with Crippen molar-refractivity contribution < 1.29 is 28.3 Å². The van der Waals surface area contributed by atoms with Crippen LogP contribution in [0.2, 0.25) is 0 Å². The second-order valence-corrected chi connectivity index (χ2v) is 9.61. The molecule has 1 heterocycles. The second kappa shape index (κ2) is 12.7. The molecular formula is C30H31F2N3O4. The normalized spacial score (nSPS) is 14.9. The molecule has 0 saturated carbocycles. The van der Waals surface area contributed by atoms with Gasteiger partial charge in [-0.15, -0.1) is 0 Å². The van der Waals surface area contributed by atoms with Gasteiger partial charge in [0.15, 0.2) is 0 Å². The number of nitrogens with one attached hydrogen (secondary N) is 2. The van der Waals surface area contributed by atoms with E-state index in [2.05, 4.69) is 23.6 Å². The molecule has 1 aliphatic rings. The summed E-state index contributed by atoms with van der Waals surface area (Å²) in [6, 6.07) is 16.3. The number of imide groups is 1. The van der Waals surface area contributed by atoms with Crippen LogP contribution in [0.15, 0.2) is 66.7 Å². The molecule has 2 atom stereocenters. The second-order valence-electron chi connectivity index (χ2n) is 9.61. The third-order valence-electron chi connectivity index (χ3n) is 6.66. The fraction of sp³-hybridized carbons (Fsp3) is 0.300. The number of hydrogen-bond donors (Lipinski definition) is 3. The molecule has 0 aliphatic carbocycles. The molecule has 0 radical (unpaired) electrons. The van der Waals surface area contributed by atoms with Crippen molar-refractivity contribution in [1.29, 1.82) is 0 Å². The first-order valence-corrected chi connectivity index (χ1v) is 12.9. The summed E-state index contributed by atoms with van der Waals surface area (Å²) < 4.78 is 27.7. The van der Waals surface area contributed by atoms with Crippen molar-refractivity contribution in [1.82, 2.24) is 10.6 Å². The smallest absolute Gasteiger partial charge is 0.251 e. The van der Waals surface area contributed by atoms with E-state index in [4.69, 9.17) is 0 Å². The van der Waals surface area contributed by atoms with Gasteiger partial charge in [-0.2, -0.15) is 0 Å². The van der Waals surface area contributed by atoms with Crippen molar-refractivity contribution in [2.24, 2.45) is 0 Å². The van der Waals surface area contributed by atoms with Crippen molar-refractivity contribution in [3.05, 3.63) is 101 Å². The van der Waals surface area contributed by atoms with Crippen molar-refractivity contribution in [3.8, 4) is 0 Å². The van der Waals surface area contributed by atoms with Gasteiger partial charge in [0.25, 0.3) is 5.91 Å². The summed E-state index contributed by atoms with van der Waals surface area (Å²) in [6.45, 7) is 2.66. The Kier molecular flexibility index (Phi) is 9.16. The highest BCUT2D eigenvalue weighted by atomic mass is 19.1. The fourth-order valence-corrected chi connectivity index (χ4v) is 4.63. The van der Waals surface area contributed by atoms with Gasteiger partial charge >= 0.3 is 0 Å². The van der Waals surface area contributed by atoms with Gasteiger partial charge in [-0.1, -0.05) is 37.3 Å². The molecule has 3 aromatic rings. The van der Waals surface area contributed by atoms with Crippen molar-refractivity contribution in [3.63, 3.8) is 0 Å². The number of carbonyl (C=O) groups is 3. The molecule has 204 valence electrons. The highest BCUT2D eigenvalue weighted by molar-refractivity contribution is 6.20. The summed E-state index contributed by atoms with van der Waals surface area (Å²) in [5.41, 5.74) is 2.96. The van der Waals surface area contributed by atoms with Gasteiger partial charge in [-0.05, 0) is 59.9 Å². The molecule has 1 saturated heterocycles. The van der Waals surface area contributed by atoms with E-state index in [0.29, 0.717) is 6.54 Å². The van der Waals surface area contributed by atoms with Gasteiger partial charge in [0, 0.05) is 37.6 Å². The number of anilines is 1. The van der Waals surface area contributed by atoms with Crippen LogP contribution in [0.5, 0.6) is 0 Å². The van der Waals surface area contributed by atoms with E-state index in [0.717, 1.165) is 35.1 Å². The van der Waals surface area contributed by atoms with Gasteiger partial charge in [-0.25, -0.2) is 8.78 Å². The highest BCUT2D eigenvalue weighted by Gasteiger charge is 2.31. The number of rotatable bonds is 11. The average molecular weight is 536 g/mol. The minimum Gasteiger partial charge on any atom is -0.390 e. The largest absolute Gasteiger partial charge is 0.390 e. The van der Waals surface area contributed by atoms with E-state index < -0.39 is 29.7 Å². The maximum atomic E-state index is 13.9. The van der Waals surface area contributed by atoms with E-state index >= 15 is 0 Å². The molecule has 7 nitrogen and oxygen atoms in total. The SMILES string of the molecule is CCc1cccc(CNC[C@H](O)[C@@H](Cc2cc(F)cc(F)c2)NC(=O)c2cccc(N3C(=O)CCC3=O)c2)c1. The molecule has 3 amide bonds. The lowest BCUT2D eigenvalue weighted by Crippen LogP contribution is -2.48. The van der Waals surface area contributed by atoms with Crippen LogP contribution in [0.4, 0.5) is 14.5 Å². The fourth-order valence-electron chi connectivity index (χ4n) is 4.63. The summed E-state index contributed by atoms with van der Waals surface area (Å²) in [4.78, 5) is 38.5. The van der Waals surface area contributed by atoms with E-state index in [1.54, 1.807) is 12.1 Å². The highest BCUT2D eigenvalue weighted by Crippen LogP contribution is 2.23. The molecule has 3 aromatic carbocycles. The average Bonchev–Trinajstić information content (AvgIpc) is 3.25. The molecule has 0 spiro atoms. The van der Waals surface area contributed by atoms with Crippen LogP contribution in [0.3, 0.4) is 0 Å². The van der Waals surface area contributed by atoms with E-state index in [1.807, 2.05) is 18.2 Å². The molecule has 0 bridgehead atoms. The summed E-state index contributed by atoms with van der Waals surface area (Å²) in [5.74, 6) is -2.76.